The molecule has 2 aromatic heterocycles. The zero-order chi connectivity index (χ0) is 14.7. The summed E-state index contributed by atoms with van der Waals surface area (Å²) in [6.45, 7) is 0. The number of oxazole rings is 1. The summed E-state index contributed by atoms with van der Waals surface area (Å²) < 4.78 is 5.65. The van der Waals surface area contributed by atoms with Crippen molar-refractivity contribution < 1.29 is 9.21 Å². The van der Waals surface area contributed by atoms with Crippen LogP contribution in [-0.2, 0) is 11.2 Å². The van der Waals surface area contributed by atoms with Gasteiger partial charge in [-0.05, 0) is 29.8 Å². The number of nitrogens with zero attached hydrogens (tertiary/aromatic N) is 2. The first-order valence-electron chi connectivity index (χ1n) is 6.52. The molecule has 21 heavy (non-hydrogen) atoms. The Balaban J connectivity index is 1.84. The number of aromatic nitrogens is 2. The molecule has 0 unspecified atom stereocenters. The van der Waals surface area contributed by atoms with Gasteiger partial charge in [0.05, 0.1) is 18.3 Å². The molecule has 106 valence electrons. The van der Waals surface area contributed by atoms with Crippen LogP contribution in [0.2, 0.25) is 0 Å². The zero-order valence-corrected chi connectivity index (χ0v) is 11.5. The van der Waals surface area contributed by atoms with Crippen LogP contribution in [0.1, 0.15) is 5.56 Å². The van der Waals surface area contributed by atoms with E-state index < -0.39 is 0 Å². The van der Waals surface area contributed by atoms with Crippen LogP contribution >= 0.6 is 0 Å². The van der Waals surface area contributed by atoms with Crippen molar-refractivity contribution in [2.45, 2.75) is 6.42 Å². The lowest BCUT2D eigenvalue weighted by Gasteiger charge is -1.99. The Morgan fingerprint density at radius 2 is 2.24 bits per heavy atom. The summed E-state index contributed by atoms with van der Waals surface area (Å²) in [5.41, 5.74) is 3.06. The van der Waals surface area contributed by atoms with Gasteiger partial charge >= 0.3 is 0 Å². The Labute approximate surface area is 121 Å². The maximum Gasteiger partial charge on any atom is 0.300 e. The highest BCUT2D eigenvalue weighted by Gasteiger charge is 2.08. The molecule has 6 nitrogen and oxygen atoms in total. The van der Waals surface area contributed by atoms with Crippen molar-refractivity contribution in [3.05, 3.63) is 48.3 Å². The second-order valence-electron chi connectivity index (χ2n) is 4.54. The summed E-state index contributed by atoms with van der Waals surface area (Å²) in [5, 5.41) is 5.64. The maximum atomic E-state index is 11.4. The van der Waals surface area contributed by atoms with E-state index in [4.69, 9.17) is 4.42 Å². The molecule has 0 aliphatic carbocycles. The molecule has 0 aliphatic heterocycles. The number of hydrogen-bond donors (Lipinski definition) is 2. The quantitative estimate of drug-likeness (QED) is 0.767. The number of anilines is 2. The molecule has 0 aliphatic rings. The van der Waals surface area contributed by atoms with E-state index in [2.05, 4.69) is 20.6 Å². The molecule has 0 radical (unpaired) electrons. The van der Waals surface area contributed by atoms with E-state index in [-0.39, 0.29) is 5.91 Å². The molecule has 0 saturated heterocycles. The fourth-order valence-electron chi connectivity index (χ4n) is 1.97. The SMILES string of the molecule is CNC(=O)Cc1ccc2nc(Nc3cccnc3)oc2c1. The number of carbonyl (C=O) groups is 1. The minimum Gasteiger partial charge on any atom is -0.423 e. The number of fused-ring (bicyclic) bond motifs is 1. The van der Waals surface area contributed by atoms with Gasteiger partial charge in [0.2, 0.25) is 5.91 Å². The maximum absolute atomic E-state index is 11.4. The predicted octanol–water partition coefficient (Wildman–Crippen LogP) is 2.25. The molecule has 0 atom stereocenters. The summed E-state index contributed by atoms with van der Waals surface area (Å²) in [4.78, 5) is 19.7. The Kier molecular flexibility index (Phi) is 3.51. The summed E-state index contributed by atoms with van der Waals surface area (Å²) in [6, 6.07) is 9.63. The van der Waals surface area contributed by atoms with Crippen molar-refractivity contribution in [2.75, 3.05) is 12.4 Å². The molecule has 6 heteroatoms. The van der Waals surface area contributed by atoms with Crippen molar-refractivity contribution in [2.24, 2.45) is 0 Å². The first kappa shape index (κ1) is 13.1. The normalized spacial score (nSPS) is 10.5. The molecule has 3 aromatic rings. The second-order valence-corrected chi connectivity index (χ2v) is 4.54. The average molecular weight is 282 g/mol. The summed E-state index contributed by atoms with van der Waals surface area (Å²) in [5.74, 6) is -0.0393. The van der Waals surface area contributed by atoms with Crippen molar-refractivity contribution in [3.63, 3.8) is 0 Å². The van der Waals surface area contributed by atoms with Gasteiger partial charge in [-0.3, -0.25) is 9.78 Å². The summed E-state index contributed by atoms with van der Waals surface area (Å²) in [7, 11) is 1.62. The number of hydrogen-bond acceptors (Lipinski definition) is 5. The van der Waals surface area contributed by atoms with Gasteiger partial charge in [0, 0.05) is 13.2 Å². The third kappa shape index (κ3) is 3.00. The van der Waals surface area contributed by atoms with Crippen LogP contribution in [0.3, 0.4) is 0 Å². The Hall–Kier alpha value is -2.89. The van der Waals surface area contributed by atoms with Crippen molar-refractivity contribution in [1.82, 2.24) is 15.3 Å². The van der Waals surface area contributed by atoms with Crippen LogP contribution in [0, 0.1) is 0 Å². The van der Waals surface area contributed by atoms with E-state index in [9.17, 15) is 4.79 Å². The van der Waals surface area contributed by atoms with Gasteiger partial charge < -0.3 is 15.1 Å². The highest BCUT2D eigenvalue weighted by molar-refractivity contribution is 5.81. The Morgan fingerprint density at radius 3 is 3.00 bits per heavy atom. The fraction of sp³-hybridized carbons (Fsp3) is 0.133. The highest BCUT2D eigenvalue weighted by Crippen LogP contribution is 2.22. The summed E-state index contributed by atoms with van der Waals surface area (Å²) in [6.07, 6.45) is 3.70. The Morgan fingerprint density at radius 1 is 1.33 bits per heavy atom. The third-order valence-electron chi connectivity index (χ3n) is 3.01. The minimum atomic E-state index is -0.0393. The molecule has 1 aromatic carbocycles. The largest absolute Gasteiger partial charge is 0.423 e. The number of benzene rings is 1. The molecule has 2 heterocycles. The molecule has 2 N–H and O–H groups in total. The Bertz CT molecular complexity index is 768. The van der Waals surface area contributed by atoms with Gasteiger partial charge in [-0.1, -0.05) is 6.07 Å². The van der Waals surface area contributed by atoms with Crippen molar-refractivity contribution in [1.29, 1.82) is 0 Å². The lowest BCUT2D eigenvalue weighted by atomic mass is 10.1. The molecule has 0 bridgehead atoms. The number of nitrogens with one attached hydrogen (secondary N) is 2. The lowest BCUT2D eigenvalue weighted by molar-refractivity contribution is -0.119. The molecule has 0 spiro atoms. The third-order valence-corrected chi connectivity index (χ3v) is 3.01. The molecular weight excluding hydrogens is 268 g/mol. The van der Waals surface area contributed by atoms with Crippen LogP contribution in [0.4, 0.5) is 11.7 Å². The first-order chi connectivity index (χ1) is 10.2. The van der Waals surface area contributed by atoms with E-state index in [1.165, 1.54) is 0 Å². The highest BCUT2D eigenvalue weighted by atomic mass is 16.4. The molecule has 0 saturated carbocycles. The van der Waals surface area contributed by atoms with Crippen LogP contribution in [0.5, 0.6) is 0 Å². The van der Waals surface area contributed by atoms with Gasteiger partial charge in [-0.15, -0.1) is 0 Å². The molecule has 3 rings (SSSR count). The molecular formula is C15H14N4O2. The van der Waals surface area contributed by atoms with Crippen LogP contribution < -0.4 is 10.6 Å². The second kappa shape index (κ2) is 5.62. The standard InChI is InChI=1S/C15H14N4O2/c1-16-14(20)8-10-4-5-12-13(7-10)21-15(19-12)18-11-3-2-6-17-9-11/h2-7,9H,8H2,1H3,(H,16,20)(H,18,19). The monoisotopic (exact) mass is 282 g/mol. The van der Waals surface area contributed by atoms with E-state index in [0.717, 1.165) is 16.8 Å². The van der Waals surface area contributed by atoms with Gasteiger partial charge in [0.1, 0.15) is 5.52 Å². The average Bonchev–Trinajstić information content (AvgIpc) is 2.89. The lowest BCUT2D eigenvalue weighted by Crippen LogP contribution is -2.19. The molecule has 0 fully saturated rings. The minimum absolute atomic E-state index is 0.0393. The van der Waals surface area contributed by atoms with E-state index in [1.54, 1.807) is 19.4 Å². The van der Waals surface area contributed by atoms with E-state index in [1.807, 2.05) is 30.3 Å². The van der Waals surface area contributed by atoms with E-state index >= 15 is 0 Å². The number of likely N-dealkylation sites (N-methyl/N-ethyl adjacent to an activating group) is 1. The van der Waals surface area contributed by atoms with Crippen LogP contribution in [0.15, 0.2) is 47.1 Å². The topological polar surface area (TPSA) is 80.0 Å². The van der Waals surface area contributed by atoms with E-state index in [0.29, 0.717) is 18.0 Å². The number of rotatable bonds is 4. The fourth-order valence-corrected chi connectivity index (χ4v) is 1.97. The first-order valence-corrected chi connectivity index (χ1v) is 6.52. The van der Waals surface area contributed by atoms with Gasteiger partial charge in [-0.25, -0.2) is 0 Å². The van der Waals surface area contributed by atoms with Gasteiger partial charge in [0.15, 0.2) is 5.58 Å². The molecule has 1 amide bonds. The predicted molar refractivity (Wildman–Crippen MR) is 79.3 cm³/mol. The van der Waals surface area contributed by atoms with Gasteiger partial charge in [-0.2, -0.15) is 4.98 Å². The van der Waals surface area contributed by atoms with Crippen molar-refractivity contribution in [3.8, 4) is 0 Å². The van der Waals surface area contributed by atoms with Crippen LogP contribution in [-0.4, -0.2) is 22.9 Å². The smallest absolute Gasteiger partial charge is 0.300 e. The summed E-state index contributed by atoms with van der Waals surface area (Å²) >= 11 is 0. The van der Waals surface area contributed by atoms with Crippen molar-refractivity contribution >= 4 is 28.7 Å². The number of amides is 1. The number of pyridine rings is 1. The zero-order valence-electron chi connectivity index (χ0n) is 11.5. The van der Waals surface area contributed by atoms with Crippen LogP contribution in [0.25, 0.3) is 11.1 Å². The van der Waals surface area contributed by atoms with Gasteiger partial charge in [0.25, 0.3) is 6.01 Å². The number of carbonyl (C=O) groups excluding carboxylic acids is 1.